The topological polar surface area (TPSA) is 108 Å². The molecule has 1 aromatic carbocycles. The predicted molar refractivity (Wildman–Crippen MR) is 115 cm³/mol. The molecule has 0 heterocycles. The molecule has 168 valence electrons. The number of nitrogens with zero attached hydrogens (tertiary/aromatic N) is 1. The monoisotopic (exact) mass is 421 g/mol. The normalized spacial score (nSPS) is 13.7. The number of nitrogens with one attached hydrogen (secondary N) is 2. The molecule has 3 amide bonds. The van der Waals surface area contributed by atoms with Gasteiger partial charge in [-0.15, -0.1) is 0 Å². The highest BCUT2D eigenvalue weighted by atomic mass is 16.6. The van der Waals surface area contributed by atoms with Gasteiger partial charge in [-0.2, -0.15) is 0 Å². The SMILES string of the molecule is CCN(C(=O)C(C)NC(=O)OC(C)(C)C)C(C(=O)NC(C)(C)C)c1cccc(O)c1. The van der Waals surface area contributed by atoms with Crippen molar-refractivity contribution in [2.75, 3.05) is 6.54 Å². The summed E-state index contributed by atoms with van der Waals surface area (Å²) < 4.78 is 5.21. The van der Waals surface area contributed by atoms with Crippen molar-refractivity contribution in [1.82, 2.24) is 15.5 Å². The molecule has 8 nitrogen and oxygen atoms in total. The Morgan fingerprint density at radius 1 is 1.13 bits per heavy atom. The Hall–Kier alpha value is -2.77. The van der Waals surface area contributed by atoms with Gasteiger partial charge in [-0.1, -0.05) is 12.1 Å². The lowest BCUT2D eigenvalue weighted by molar-refractivity contribution is -0.142. The number of ether oxygens (including phenoxy) is 1. The van der Waals surface area contributed by atoms with Crippen molar-refractivity contribution < 1.29 is 24.2 Å². The third kappa shape index (κ3) is 7.93. The summed E-state index contributed by atoms with van der Waals surface area (Å²) in [5, 5.41) is 15.3. The zero-order valence-corrected chi connectivity index (χ0v) is 19.2. The van der Waals surface area contributed by atoms with Crippen LogP contribution in [0.5, 0.6) is 5.75 Å². The van der Waals surface area contributed by atoms with Crippen molar-refractivity contribution in [1.29, 1.82) is 0 Å². The van der Waals surface area contributed by atoms with E-state index >= 15 is 0 Å². The highest BCUT2D eigenvalue weighted by molar-refractivity contribution is 5.92. The van der Waals surface area contributed by atoms with Crippen molar-refractivity contribution >= 4 is 17.9 Å². The molecule has 0 saturated carbocycles. The maximum Gasteiger partial charge on any atom is 0.408 e. The summed E-state index contributed by atoms with van der Waals surface area (Å²) in [5.41, 5.74) is -0.750. The lowest BCUT2D eigenvalue weighted by Crippen LogP contribution is -2.53. The van der Waals surface area contributed by atoms with E-state index in [0.29, 0.717) is 5.56 Å². The Kier molecular flexibility index (Phi) is 8.27. The number of likely N-dealkylation sites (N-methyl/N-ethyl adjacent to an activating group) is 1. The molecular weight excluding hydrogens is 386 g/mol. The van der Waals surface area contributed by atoms with E-state index in [-0.39, 0.29) is 18.2 Å². The minimum atomic E-state index is -0.975. The second-order valence-corrected chi connectivity index (χ2v) is 9.23. The van der Waals surface area contributed by atoms with Gasteiger partial charge in [0.05, 0.1) is 0 Å². The summed E-state index contributed by atoms with van der Waals surface area (Å²) in [7, 11) is 0. The zero-order valence-electron chi connectivity index (χ0n) is 19.2. The number of hydrogen-bond donors (Lipinski definition) is 3. The third-order valence-corrected chi connectivity index (χ3v) is 3.97. The van der Waals surface area contributed by atoms with E-state index in [1.807, 2.05) is 20.8 Å². The Morgan fingerprint density at radius 2 is 1.73 bits per heavy atom. The first-order chi connectivity index (χ1) is 13.6. The van der Waals surface area contributed by atoms with Gasteiger partial charge < -0.3 is 25.4 Å². The third-order valence-electron chi connectivity index (χ3n) is 3.97. The Morgan fingerprint density at radius 3 is 2.20 bits per heavy atom. The van der Waals surface area contributed by atoms with Crippen molar-refractivity contribution in [3.63, 3.8) is 0 Å². The van der Waals surface area contributed by atoms with Crippen molar-refractivity contribution in [3.05, 3.63) is 29.8 Å². The first-order valence-electron chi connectivity index (χ1n) is 10.1. The number of amides is 3. The molecule has 2 unspecified atom stereocenters. The van der Waals surface area contributed by atoms with Crippen LogP contribution < -0.4 is 10.6 Å². The van der Waals surface area contributed by atoms with Crippen LogP contribution in [0.3, 0.4) is 0 Å². The lowest BCUT2D eigenvalue weighted by Gasteiger charge is -2.34. The summed E-state index contributed by atoms with van der Waals surface area (Å²) >= 11 is 0. The minimum absolute atomic E-state index is 0.00973. The number of phenols is 1. The number of rotatable bonds is 6. The number of aromatic hydroxyl groups is 1. The molecule has 1 aromatic rings. The smallest absolute Gasteiger partial charge is 0.408 e. The minimum Gasteiger partial charge on any atom is -0.508 e. The maximum atomic E-state index is 13.2. The highest BCUT2D eigenvalue weighted by Crippen LogP contribution is 2.26. The second kappa shape index (κ2) is 9.82. The van der Waals surface area contributed by atoms with E-state index in [4.69, 9.17) is 4.74 Å². The van der Waals surface area contributed by atoms with Crippen LogP contribution in [0, 0.1) is 0 Å². The van der Waals surface area contributed by atoms with Gasteiger partial charge >= 0.3 is 6.09 Å². The van der Waals surface area contributed by atoms with E-state index in [1.54, 1.807) is 39.8 Å². The fraction of sp³-hybridized carbons (Fsp3) is 0.591. The molecule has 30 heavy (non-hydrogen) atoms. The molecule has 0 aliphatic heterocycles. The van der Waals surface area contributed by atoms with Gasteiger partial charge in [0.2, 0.25) is 11.8 Å². The fourth-order valence-electron chi connectivity index (χ4n) is 2.87. The summed E-state index contributed by atoms with van der Waals surface area (Å²) in [4.78, 5) is 39.7. The molecule has 0 spiro atoms. The number of phenolic OH excluding ortho intramolecular Hbond substituents is 1. The van der Waals surface area contributed by atoms with Crippen molar-refractivity contribution in [3.8, 4) is 5.75 Å². The van der Waals surface area contributed by atoms with Gasteiger partial charge in [-0.05, 0) is 73.1 Å². The van der Waals surface area contributed by atoms with E-state index in [2.05, 4.69) is 10.6 Å². The average Bonchev–Trinajstić information content (AvgIpc) is 2.55. The zero-order chi connectivity index (χ0) is 23.3. The maximum absolute atomic E-state index is 13.2. The molecule has 3 N–H and O–H groups in total. The molecule has 0 saturated heterocycles. The standard InChI is InChI=1S/C22H35N3O5/c1-9-25(19(28)14(2)23-20(29)30-22(6,7)8)17(18(27)24-21(3,4)5)15-11-10-12-16(26)13-15/h10-14,17,26H,9H2,1-8H3,(H,23,29)(H,24,27). The van der Waals surface area contributed by atoms with Crippen LogP contribution in [0.1, 0.15) is 67.0 Å². The molecule has 0 fully saturated rings. The van der Waals surface area contributed by atoms with Gasteiger partial charge in [0, 0.05) is 12.1 Å². The first-order valence-corrected chi connectivity index (χ1v) is 10.1. The Balaban J connectivity index is 3.20. The van der Waals surface area contributed by atoms with E-state index in [9.17, 15) is 19.5 Å². The van der Waals surface area contributed by atoms with Crippen LogP contribution in [-0.2, 0) is 14.3 Å². The van der Waals surface area contributed by atoms with Crippen LogP contribution >= 0.6 is 0 Å². The lowest BCUT2D eigenvalue weighted by atomic mass is 10.0. The highest BCUT2D eigenvalue weighted by Gasteiger charge is 2.35. The molecule has 0 aliphatic carbocycles. The van der Waals surface area contributed by atoms with Crippen LogP contribution in [0.25, 0.3) is 0 Å². The molecular formula is C22H35N3O5. The van der Waals surface area contributed by atoms with Crippen molar-refractivity contribution in [2.45, 2.75) is 78.6 Å². The fourth-order valence-corrected chi connectivity index (χ4v) is 2.87. The molecule has 8 heteroatoms. The van der Waals surface area contributed by atoms with E-state index in [0.717, 1.165) is 0 Å². The summed E-state index contributed by atoms with van der Waals surface area (Å²) in [6, 6.07) is 4.35. The second-order valence-electron chi connectivity index (χ2n) is 9.23. The Labute approximate surface area is 179 Å². The average molecular weight is 422 g/mol. The molecule has 0 bridgehead atoms. The first kappa shape index (κ1) is 25.3. The van der Waals surface area contributed by atoms with Crippen LogP contribution in [-0.4, -0.2) is 51.6 Å². The van der Waals surface area contributed by atoms with E-state index in [1.165, 1.54) is 24.0 Å². The molecule has 0 aliphatic rings. The summed E-state index contributed by atoms with van der Waals surface area (Å²) in [6.07, 6.45) is -0.715. The van der Waals surface area contributed by atoms with Crippen LogP contribution in [0.2, 0.25) is 0 Å². The summed E-state index contributed by atoms with van der Waals surface area (Å²) in [5.74, 6) is -0.835. The van der Waals surface area contributed by atoms with Gasteiger partial charge in [0.15, 0.2) is 0 Å². The molecule has 2 atom stereocenters. The molecule has 0 aromatic heterocycles. The van der Waals surface area contributed by atoms with Crippen LogP contribution in [0.4, 0.5) is 4.79 Å². The van der Waals surface area contributed by atoms with Crippen molar-refractivity contribution in [2.24, 2.45) is 0 Å². The number of alkyl carbamates (subject to hydrolysis) is 1. The number of hydrogen-bond acceptors (Lipinski definition) is 5. The number of carbonyl (C=O) groups excluding carboxylic acids is 3. The van der Waals surface area contributed by atoms with Gasteiger partial charge in [0.1, 0.15) is 23.4 Å². The number of benzene rings is 1. The Bertz CT molecular complexity index is 765. The quantitative estimate of drug-likeness (QED) is 0.654. The number of carbonyl (C=O) groups is 3. The van der Waals surface area contributed by atoms with Gasteiger partial charge in [-0.3, -0.25) is 9.59 Å². The van der Waals surface area contributed by atoms with Gasteiger partial charge in [0.25, 0.3) is 0 Å². The summed E-state index contributed by atoms with van der Waals surface area (Å²) in [6.45, 7) is 14.2. The van der Waals surface area contributed by atoms with Crippen LogP contribution in [0.15, 0.2) is 24.3 Å². The van der Waals surface area contributed by atoms with Gasteiger partial charge in [-0.25, -0.2) is 4.79 Å². The molecule has 0 radical (unpaired) electrons. The molecule has 1 rings (SSSR count). The van der Waals surface area contributed by atoms with E-state index < -0.39 is 35.2 Å². The predicted octanol–water partition coefficient (Wildman–Crippen LogP) is 3.11. The largest absolute Gasteiger partial charge is 0.508 e.